The lowest BCUT2D eigenvalue weighted by Gasteiger charge is -2.24. The van der Waals surface area contributed by atoms with E-state index >= 15 is 0 Å². The van der Waals surface area contributed by atoms with Crippen molar-refractivity contribution in [1.29, 1.82) is 0 Å². The minimum atomic E-state index is -5.08. The Morgan fingerprint density at radius 2 is 2.00 bits per heavy atom. The zero-order valence-corrected chi connectivity index (χ0v) is 16.9. The molecule has 31 heavy (non-hydrogen) atoms. The van der Waals surface area contributed by atoms with Crippen LogP contribution in [0.25, 0.3) is 0 Å². The highest BCUT2D eigenvalue weighted by atomic mass is 19.4. The molecule has 0 saturated heterocycles. The molecule has 0 atom stereocenters. The first-order chi connectivity index (χ1) is 14.7. The maximum absolute atomic E-state index is 12.0. The SMILES string of the molecule is O=C(NCc1cnc2n1CCN(Cc1ccoc1)CC2)C1CCC1.O=C(O)C(F)(F)F. The van der Waals surface area contributed by atoms with Crippen LogP contribution in [0.3, 0.4) is 0 Å². The van der Waals surface area contributed by atoms with E-state index in [-0.39, 0.29) is 11.8 Å². The molecule has 1 fully saturated rings. The molecule has 8 nitrogen and oxygen atoms in total. The fourth-order valence-electron chi connectivity index (χ4n) is 3.47. The number of alkyl halides is 3. The average Bonchev–Trinajstić information content (AvgIpc) is 3.25. The Morgan fingerprint density at radius 3 is 2.58 bits per heavy atom. The van der Waals surface area contributed by atoms with Crippen molar-refractivity contribution >= 4 is 11.9 Å². The van der Waals surface area contributed by atoms with Crippen LogP contribution in [0.2, 0.25) is 0 Å². The van der Waals surface area contributed by atoms with Crippen molar-refractivity contribution < 1.29 is 32.3 Å². The van der Waals surface area contributed by atoms with E-state index in [2.05, 4.69) is 19.8 Å². The molecular formula is C20H25F3N4O4. The molecule has 170 valence electrons. The number of nitrogens with zero attached hydrogens (tertiary/aromatic N) is 3. The van der Waals surface area contributed by atoms with Crippen LogP contribution in [-0.2, 0) is 35.6 Å². The summed E-state index contributed by atoms with van der Waals surface area (Å²) in [5.74, 6) is -1.20. The smallest absolute Gasteiger partial charge is 0.475 e. The van der Waals surface area contributed by atoms with Gasteiger partial charge in [-0.1, -0.05) is 6.42 Å². The highest BCUT2D eigenvalue weighted by molar-refractivity contribution is 5.79. The van der Waals surface area contributed by atoms with Gasteiger partial charge in [-0.2, -0.15) is 13.2 Å². The molecule has 0 bridgehead atoms. The number of carboxylic acids is 1. The molecule has 11 heteroatoms. The lowest BCUT2D eigenvalue weighted by molar-refractivity contribution is -0.192. The van der Waals surface area contributed by atoms with E-state index in [4.69, 9.17) is 14.3 Å². The number of hydrogen-bond acceptors (Lipinski definition) is 5. The van der Waals surface area contributed by atoms with Crippen molar-refractivity contribution in [2.24, 2.45) is 5.92 Å². The number of rotatable bonds is 5. The Kier molecular flexibility index (Phi) is 7.37. The highest BCUT2D eigenvalue weighted by Crippen LogP contribution is 2.26. The lowest BCUT2D eigenvalue weighted by atomic mass is 9.85. The van der Waals surface area contributed by atoms with Crippen molar-refractivity contribution in [2.45, 2.75) is 51.5 Å². The molecular weight excluding hydrogens is 417 g/mol. The van der Waals surface area contributed by atoms with Gasteiger partial charge in [-0.3, -0.25) is 9.69 Å². The maximum atomic E-state index is 12.0. The number of aliphatic carboxylic acids is 1. The number of carbonyl (C=O) groups excluding carboxylic acids is 1. The molecule has 0 aromatic carbocycles. The third-order valence-corrected chi connectivity index (χ3v) is 5.46. The Bertz CT molecular complexity index is 876. The molecule has 3 heterocycles. The molecule has 2 aliphatic rings. The molecule has 1 amide bonds. The van der Waals surface area contributed by atoms with Gasteiger partial charge in [-0.15, -0.1) is 0 Å². The molecule has 1 saturated carbocycles. The number of furan rings is 1. The summed E-state index contributed by atoms with van der Waals surface area (Å²) in [5, 5.41) is 10.2. The van der Waals surface area contributed by atoms with Gasteiger partial charge in [-0.25, -0.2) is 9.78 Å². The van der Waals surface area contributed by atoms with Crippen LogP contribution in [0.15, 0.2) is 29.2 Å². The maximum Gasteiger partial charge on any atom is 0.490 e. The normalized spacial score (nSPS) is 17.0. The van der Waals surface area contributed by atoms with Crippen LogP contribution in [0, 0.1) is 5.92 Å². The summed E-state index contributed by atoms with van der Waals surface area (Å²) in [4.78, 5) is 27.9. The zero-order chi connectivity index (χ0) is 22.4. The van der Waals surface area contributed by atoms with Crippen molar-refractivity contribution in [3.63, 3.8) is 0 Å². The number of imidazole rings is 1. The fourth-order valence-corrected chi connectivity index (χ4v) is 3.47. The summed E-state index contributed by atoms with van der Waals surface area (Å²) >= 11 is 0. The number of aromatic nitrogens is 2. The first-order valence-electron chi connectivity index (χ1n) is 10.1. The average molecular weight is 442 g/mol. The van der Waals surface area contributed by atoms with Gasteiger partial charge in [0.05, 0.1) is 31.0 Å². The van der Waals surface area contributed by atoms with Crippen molar-refractivity contribution in [2.75, 3.05) is 13.1 Å². The molecule has 4 rings (SSSR count). The van der Waals surface area contributed by atoms with Crippen LogP contribution in [-0.4, -0.2) is 50.7 Å². The van der Waals surface area contributed by atoms with Crippen LogP contribution >= 0.6 is 0 Å². The fraction of sp³-hybridized carbons (Fsp3) is 0.550. The van der Waals surface area contributed by atoms with E-state index in [9.17, 15) is 18.0 Å². The number of carbonyl (C=O) groups is 2. The van der Waals surface area contributed by atoms with Crippen LogP contribution in [0.4, 0.5) is 13.2 Å². The minimum absolute atomic E-state index is 0.201. The standard InChI is InChI=1S/C18H24N4O2.C2HF3O2/c23-18(15-2-1-3-15)20-11-16-10-19-17-4-6-21(7-8-22(16)17)12-14-5-9-24-13-14;3-2(4,5)1(6)7/h5,9-10,13,15H,1-4,6-8,11-12H2,(H,20,23);(H,6,7). The third-order valence-electron chi connectivity index (χ3n) is 5.46. The number of amides is 1. The van der Waals surface area contributed by atoms with Crippen LogP contribution in [0.5, 0.6) is 0 Å². The van der Waals surface area contributed by atoms with Gasteiger partial charge in [0.2, 0.25) is 5.91 Å². The summed E-state index contributed by atoms with van der Waals surface area (Å²) < 4.78 is 39.2. The molecule has 1 aliphatic carbocycles. The minimum Gasteiger partial charge on any atom is -0.475 e. The van der Waals surface area contributed by atoms with Gasteiger partial charge >= 0.3 is 12.1 Å². The highest BCUT2D eigenvalue weighted by Gasteiger charge is 2.38. The van der Waals surface area contributed by atoms with Crippen LogP contribution < -0.4 is 5.32 Å². The Balaban J connectivity index is 0.000000339. The predicted octanol–water partition coefficient (Wildman–Crippen LogP) is 2.58. The number of nitrogens with one attached hydrogen (secondary N) is 1. The van der Waals surface area contributed by atoms with Gasteiger partial charge in [0.15, 0.2) is 0 Å². The Hall–Kier alpha value is -2.82. The van der Waals surface area contributed by atoms with Crippen molar-refractivity contribution in [3.05, 3.63) is 41.9 Å². The van der Waals surface area contributed by atoms with E-state index < -0.39 is 12.1 Å². The second-order valence-corrected chi connectivity index (χ2v) is 7.62. The van der Waals surface area contributed by atoms with E-state index in [1.807, 2.05) is 18.5 Å². The Morgan fingerprint density at radius 1 is 1.26 bits per heavy atom. The molecule has 0 unspecified atom stereocenters. The Labute approximate surface area is 177 Å². The van der Waals surface area contributed by atoms with Crippen molar-refractivity contribution in [1.82, 2.24) is 19.8 Å². The molecule has 2 aromatic rings. The summed E-state index contributed by atoms with van der Waals surface area (Å²) in [6, 6.07) is 2.02. The predicted molar refractivity (Wildman–Crippen MR) is 103 cm³/mol. The van der Waals surface area contributed by atoms with Gasteiger partial charge in [0.25, 0.3) is 0 Å². The van der Waals surface area contributed by atoms with Gasteiger partial charge in [0, 0.05) is 44.1 Å². The van der Waals surface area contributed by atoms with Gasteiger partial charge in [-0.05, 0) is 18.9 Å². The molecule has 1 aliphatic heterocycles. The zero-order valence-electron chi connectivity index (χ0n) is 16.9. The number of halogens is 3. The monoisotopic (exact) mass is 442 g/mol. The lowest BCUT2D eigenvalue weighted by Crippen LogP contribution is -2.34. The first kappa shape index (κ1) is 22.9. The summed E-state index contributed by atoms with van der Waals surface area (Å²) in [5.41, 5.74) is 2.32. The number of carboxylic acid groups (broad SMARTS) is 1. The third kappa shape index (κ3) is 6.33. The molecule has 2 aromatic heterocycles. The van der Waals surface area contributed by atoms with Gasteiger partial charge in [0.1, 0.15) is 5.82 Å². The first-order valence-corrected chi connectivity index (χ1v) is 10.1. The van der Waals surface area contributed by atoms with Gasteiger partial charge < -0.3 is 19.4 Å². The largest absolute Gasteiger partial charge is 0.490 e. The molecule has 2 N–H and O–H groups in total. The molecule has 0 spiro atoms. The second kappa shape index (κ2) is 9.99. The van der Waals surface area contributed by atoms with E-state index in [1.165, 1.54) is 12.0 Å². The summed E-state index contributed by atoms with van der Waals surface area (Å²) in [7, 11) is 0. The summed E-state index contributed by atoms with van der Waals surface area (Å²) in [6.07, 6.45) is 4.58. The van der Waals surface area contributed by atoms with E-state index in [0.29, 0.717) is 6.54 Å². The molecule has 0 radical (unpaired) electrons. The second-order valence-electron chi connectivity index (χ2n) is 7.62. The van der Waals surface area contributed by atoms with E-state index in [0.717, 1.165) is 57.0 Å². The summed E-state index contributed by atoms with van der Waals surface area (Å²) in [6.45, 7) is 4.40. The number of hydrogen-bond donors (Lipinski definition) is 2. The number of fused-ring (bicyclic) bond motifs is 1. The quantitative estimate of drug-likeness (QED) is 0.738. The van der Waals surface area contributed by atoms with Crippen molar-refractivity contribution in [3.8, 4) is 0 Å². The topological polar surface area (TPSA) is 101 Å². The van der Waals surface area contributed by atoms with Crippen LogP contribution in [0.1, 0.15) is 36.3 Å². The van der Waals surface area contributed by atoms with E-state index in [1.54, 1.807) is 6.26 Å².